The van der Waals surface area contributed by atoms with Crippen molar-refractivity contribution in [3.8, 4) is 0 Å². The Morgan fingerprint density at radius 2 is 1.48 bits per heavy atom. The Hall–Kier alpha value is -0.0800. The molecule has 0 unspecified atom stereocenters. The molecule has 0 saturated heterocycles. The Balaban J connectivity index is 1.98. The van der Waals surface area contributed by atoms with Crippen LogP contribution in [0.1, 0.15) is 85.5 Å². The predicted molar refractivity (Wildman–Crippen MR) is 92.1 cm³/mol. The minimum atomic E-state index is 0.722. The lowest BCUT2D eigenvalue weighted by Crippen LogP contribution is -2.55. The zero-order valence-electron chi connectivity index (χ0n) is 14.9. The van der Waals surface area contributed by atoms with E-state index in [1.807, 2.05) is 0 Å². The number of hydrazine groups is 1. The highest BCUT2D eigenvalue weighted by Crippen LogP contribution is 2.31. The summed E-state index contributed by atoms with van der Waals surface area (Å²) in [6.07, 6.45) is 12.8. The number of nitrogens with zero attached hydrogens (tertiary/aromatic N) is 1. The molecule has 0 aromatic heterocycles. The molecule has 2 saturated carbocycles. The van der Waals surface area contributed by atoms with E-state index >= 15 is 0 Å². The lowest BCUT2D eigenvalue weighted by molar-refractivity contribution is 0.0310. The van der Waals surface area contributed by atoms with Crippen molar-refractivity contribution >= 4 is 0 Å². The Morgan fingerprint density at radius 1 is 0.857 bits per heavy atom. The van der Waals surface area contributed by atoms with Crippen LogP contribution in [0.4, 0.5) is 0 Å². The first-order chi connectivity index (χ1) is 10.1. The molecule has 0 heterocycles. The number of nitrogens with one attached hydrogen (secondary N) is 1. The van der Waals surface area contributed by atoms with Gasteiger partial charge in [0.15, 0.2) is 0 Å². The van der Waals surface area contributed by atoms with Crippen LogP contribution in [0, 0.1) is 17.8 Å². The Kier molecular flexibility index (Phi) is 7.01. The average molecular weight is 295 g/mol. The summed E-state index contributed by atoms with van der Waals surface area (Å²) >= 11 is 0. The topological polar surface area (TPSA) is 15.3 Å². The van der Waals surface area contributed by atoms with E-state index in [-0.39, 0.29) is 0 Å². The van der Waals surface area contributed by atoms with E-state index in [1.54, 1.807) is 0 Å². The predicted octanol–water partition coefficient (Wildman–Crippen LogP) is 5.00. The van der Waals surface area contributed by atoms with E-state index in [2.05, 4.69) is 38.1 Å². The molecule has 0 spiro atoms. The van der Waals surface area contributed by atoms with Gasteiger partial charge in [0.1, 0.15) is 0 Å². The highest BCUT2D eigenvalue weighted by atomic mass is 15.5. The van der Waals surface area contributed by atoms with Crippen LogP contribution < -0.4 is 5.43 Å². The first kappa shape index (κ1) is 17.3. The van der Waals surface area contributed by atoms with Crippen molar-refractivity contribution in [2.75, 3.05) is 6.54 Å². The molecule has 2 atom stereocenters. The van der Waals surface area contributed by atoms with Crippen molar-refractivity contribution in [1.29, 1.82) is 0 Å². The zero-order chi connectivity index (χ0) is 15.2. The molecule has 0 aromatic carbocycles. The maximum absolute atomic E-state index is 4.02. The number of hydrogen-bond donors (Lipinski definition) is 1. The van der Waals surface area contributed by atoms with Gasteiger partial charge in [0, 0.05) is 18.6 Å². The van der Waals surface area contributed by atoms with E-state index in [1.165, 1.54) is 64.3 Å². The molecule has 0 aliphatic heterocycles. The SMILES string of the molecule is CC(C)CN(N[C@@H]1CCCC[C@H]1C(C)C)C1CCCCC1. The quantitative estimate of drug-likeness (QED) is 0.694. The van der Waals surface area contributed by atoms with Crippen LogP contribution in [0.2, 0.25) is 0 Å². The molecule has 1 N–H and O–H groups in total. The largest absolute Gasteiger partial charge is 0.252 e. The highest BCUT2D eigenvalue weighted by Gasteiger charge is 2.31. The summed E-state index contributed by atoms with van der Waals surface area (Å²) < 4.78 is 0. The fourth-order valence-corrected chi connectivity index (χ4v) is 4.42. The second-order valence-corrected chi connectivity index (χ2v) is 8.27. The van der Waals surface area contributed by atoms with Crippen LogP contribution in [-0.2, 0) is 0 Å². The Labute approximate surface area is 133 Å². The molecule has 2 rings (SSSR count). The van der Waals surface area contributed by atoms with Gasteiger partial charge < -0.3 is 0 Å². The summed E-state index contributed by atoms with van der Waals surface area (Å²) in [6.45, 7) is 10.8. The van der Waals surface area contributed by atoms with Crippen molar-refractivity contribution < 1.29 is 0 Å². The van der Waals surface area contributed by atoms with Gasteiger partial charge in [0.05, 0.1) is 0 Å². The third-order valence-corrected chi connectivity index (χ3v) is 5.58. The van der Waals surface area contributed by atoms with Gasteiger partial charge in [-0.1, -0.05) is 59.8 Å². The van der Waals surface area contributed by atoms with E-state index in [0.29, 0.717) is 0 Å². The Morgan fingerprint density at radius 3 is 2.10 bits per heavy atom. The number of hydrogen-bond acceptors (Lipinski definition) is 2. The highest BCUT2D eigenvalue weighted by molar-refractivity contribution is 4.84. The first-order valence-electron chi connectivity index (χ1n) is 9.60. The van der Waals surface area contributed by atoms with Crippen LogP contribution in [0.15, 0.2) is 0 Å². The maximum Gasteiger partial charge on any atom is 0.0246 e. The third kappa shape index (κ3) is 5.25. The molecule has 124 valence electrons. The van der Waals surface area contributed by atoms with Gasteiger partial charge in [-0.3, -0.25) is 5.43 Å². The van der Waals surface area contributed by atoms with E-state index in [0.717, 1.165) is 29.8 Å². The van der Waals surface area contributed by atoms with Crippen molar-refractivity contribution in [3.63, 3.8) is 0 Å². The molecule has 2 fully saturated rings. The van der Waals surface area contributed by atoms with Gasteiger partial charge in [-0.05, 0) is 43.4 Å². The summed E-state index contributed by atoms with van der Waals surface area (Å²) in [7, 11) is 0. The van der Waals surface area contributed by atoms with Gasteiger partial charge in [0.2, 0.25) is 0 Å². The third-order valence-electron chi connectivity index (χ3n) is 5.58. The molecule has 0 bridgehead atoms. The Bertz CT molecular complexity index is 281. The summed E-state index contributed by atoms with van der Waals surface area (Å²) in [5, 5.41) is 2.66. The summed E-state index contributed by atoms with van der Waals surface area (Å²) in [5.41, 5.74) is 4.02. The van der Waals surface area contributed by atoms with Gasteiger partial charge in [-0.25, -0.2) is 5.01 Å². The molecule has 2 aliphatic rings. The van der Waals surface area contributed by atoms with Gasteiger partial charge in [-0.2, -0.15) is 0 Å². The molecule has 21 heavy (non-hydrogen) atoms. The van der Waals surface area contributed by atoms with Crippen LogP contribution in [-0.4, -0.2) is 23.6 Å². The summed E-state index contributed by atoms with van der Waals surface area (Å²) in [6, 6.07) is 1.51. The monoisotopic (exact) mass is 294 g/mol. The second kappa shape index (κ2) is 8.53. The minimum absolute atomic E-state index is 0.722. The van der Waals surface area contributed by atoms with Crippen LogP contribution >= 0.6 is 0 Å². The molecule has 2 nitrogen and oxygen atoms in total. The van der Waals surface area contributed by atoms with E-state index in [9.17, 15) is 0 Å². The lowest BCUT2D eigenvalue weighted by Gasteiger charge is -2.43. The molecule has 0 amide bonds. The van der Waals surface area contributed by atoms with Crippen LogP contribution in [0.3, 0.4) is 0 Å². The molecule has 2 heteroatoms. The normalized spacial score (nSPS) is 28.7. The van der Waals surface area contributed by atoms with E-state index in [4.69, 9.17) is 0 Å². The first-order valence-corrected chi connectivity index (χ1v) is 9.60. The van der Waals surface area contributed by atoms with Gasteiger partial charge in [0.25, 0.3) is 0 Å². The lowest BCUT2D eigenvalue weighted by atomic mass is 9.78. The molecule has 0 aromatic rings. The fraction of sp³-hybridized carbons (Fsp3) is 1.00. The second-order valence-electron chi connectivity index (χ2n) is 8.27. The fourth-order valence-electron chi connectivity index (χ4n) is 4.42. The smallest absolute Gasteiger partial charge is 0.0246 e. The molecule has 0 radical (unpaired) electrons. The van der Waals surface area contributed by atoms with Crippen molar-refractivity contribution in [3.05, 3.63) is 0 Å². The minimum Gasteiger partial charge on any atom is -0.252 e. The van der Waals surface area contributed by atoms with Crippen molar-refractivity contribution in [2.45, 2.75) is 97.6 Å². The zero-order valence-corrected chi connectivity index (χ0v) is 14.9. The number of rotatable bonds is 6. The molecular weight excluding hydrogens is 256 g/mol. The van der Waals surface area contributed by atoms with Crippen molar-refractivity contribution in [2.24, 2.45) is 17.8 Å². The van der Waals surface area contributed by atoms with Crippen LogP contribution in [0.5, 0.6) is 0 Å². The molecule has 2 aliphatic carbocycles. The average Bonchev–Trinajstić information content (AvgIpc) is 2.47. The standard InChI is InChI=1S/C19H38N2/c1-15(2)14-21(17-10-6-5-7-11-17)20-19-13-9-8-12-18(19)16(3)4/h15-20H,5-14H2,1-4H3/t18-,19+/m0/s1. The summed E-state index contributed by atoms with van der Waals surface area (Å²) in [4.78, 5) is 0. The van der Waals surface area contributed by atoms with Crippen molar-refractivity contribution in [1.82, 2.24) is 10.4 Å². The van der Waals surface area contributed by atoms with Gasteiger partial charge >= 0.3 is 0 Å². The maximum atomic E-state index is 4.02. The summed E-state index contributed by atoms with van der Waals surface area (Å²) in [5.74, 6) is 2.44. The van der Waals surface area contributed by atoms with Crippen LogP contribution in [0.25, 0.3) is 0 Å². The van der Waals surface area contributed by atoms with E-state index < -0.39 is 0 Å². The molecular formula is C19H38N2. The van der Waals surface area contributed by atoms with Gasteiger partial charge in [-0.15, -0.1) is 0 Å².